The number of β-lactam (4-membered cyclic amide) rings is 1. The van der Waals surface area contributed by atoms with Gasteiger partial charge in [0.2, 0.25) is 0 Å². The Balaban J connectivity index is 1.75. The Hall–Kier alpha value is -3.81. The highest BCUT2D eigenvalue weighted by Gasteiger charge is 2.64. The third-order valence-electron chi connectivity index (χ3n) is 6.23. The molecule has 1 amide bonds. The van der Waals surface area contributed by atoms with E-state index >= 15 is 0 Å². The molecule has 1 spiro atoms. The van der Waals surface area contributed by atoms with Gasteiger partial charge in [-0.05, 0) is 42.8 Å². The van der Waals surface area contributed by atoms with Gasteiger partial charge in [0, 0.05) is 12.7 Å². The maximum absolute atomic E-state index is 13.8. The predicted molar refractivity (Wildman–Crippen MR) is 115 cm³/mol. The second-order valence-electron chi connectivity index (χ2n) is 7.89. The Morgan fingerprint density at radius 3 is 2.26 bits per heavy atom. The van der Waals surface area contributed by atoms with Crippen molar-refractivity contribution in [3.05, 3.63) is 93.3 Å². The summed E-state index contributed by atoms with van der Waals surface area (Å²) in [6.45, 7) is 1.82. The van der Waals surface area contributed by atoms with E-state index in [-0.39, 0.29) is 11.9 Å². The van der Waals surface area contributed by atoms with E-state index in [9.17, 15) is 14.4 Å². The molecule has 1 unspecified atom stereocenters. The number of fused-ring (bicyclic) bond motifs is 2. The molecule has 31 heavy (non-hydrogen) atoms. The summed E-state index contributed by atoms with van der Waals surface area (Å²) in [7, 11) is 3.02. The summed E-state index contributed by atoms with van der Waals surface area (Å²) in [4.78, 5) is 41.3. The summed E-state index contributed by atoms with van der Waals surface area (Å²) in [6, 6.07) is 15.9. The molecule has 2 aliphatic rings. The molecule has 0 bridgehead atoms. The zero-order chi connectivity index (χ0) is 21.9. The van der Waals surface area contributed by atoms with Crippen LogP contribution in [0.5, 0.6) is 5.75 Å². The number of methoxy groups -OCH3 is 1. The summed E-state index contributed by atoms with van der Waals surface area (Å²) in [5.41, 5.74) is -0.707. The lowest BCUT2D eigenvalue weighted by molar-refractivity contribution is -0.136. The van der Waals surface area contributed by atoms with E-state index in [0.717, 1.165) is 10.1 Å². The number of amides is 1. The number of carbonyl (C=O) groups excluding carboxylic acids is 1. The molecule has 3 aromatic rings. The summed E-state index contributed by atoms with van der Waals surface area (Å²) in [6.07, 6.45) is 3.60. The monoisotopic (exact) mass is 418 g/mol. The molecular weight excluding hydrogens is 396 g/mol. The number of hydrogen-bond acceptors (Lipinski definition) is 4. The van der Waals surface area contributed by atoms with Crippen molar-refractivity contribution >= 4 is 11.6 Å². The zero-order valence-corrected chi connectivity index (χ0v) is 17.4. The fourth-order valence-corrected chi connectivity index (χ4v) is 4.66. The van der Waals surface area contributed by atoms with E-state index < -0.39 is 23.0 Å². The maximum atomic E-state index is 13.8. The lowest BCUT2D eigenvalue weighted by atomic mass is 9.73. The lowest BCUT2D eigenvalue weighted by Gasteiger charge is -2.56. The molecule has 8 heteroatoms. The predicted octanol–water partition coefficient (Wildman–Crippen LogP) is 1.97. The van der Waals surface area contributed by atoms with Crippen LogP contribution < -0.4 is 21.0 Å². The van der Waals surface area contributed by atoms with Gasteiger partial charge in [-0.1, -0.05) is 36.4 Å². The van der Waals surface area contributed by atoms with Crippen LogP contribution in [0, 0.1) is 0 Å². The van der Waals surface area contributed by atoms with Crippen LogP contribution in [0.15, 0.2) is 76.3 Å². The molecule has 2 aliphatic heterocycles. The standard InChI is InChI=1S/C23H22N4O4/c1-15-13-14-23(27-22(30)24(2)21(29)26(15)27)19(16-7-5-4-6-8-16)25(20(23)28)17-9-11-18(31-3)12-10-17/h4-15,19H,1-3H3/t15?,19-,23-/m1/s1. The van der Waals surface area contributed by atoms with Gasteiger partial charge in [-0.2, -0.15) is 0 Å². The molecule has 1 aromatic heterocycles. The van der Waals surface area contributed by atoms with Crippen molar-refractivity contribution < 1.29 is 9.53 Å². The van der Waals surface area contributed by atoms with Crippen molar-refractivity contribution in [2.24, 2.45) is 7.05 Å². The van der Waals surface area contributed by atoms with Crippen molar-refractivity contribution in [3.63, 3.8) is 0 Å². The minimum atomic E-state index is -1.31. The first kappa shape index (κ1) is 19.2. The largest absolute Gasteiger partial charge is 0.497 e. The minimum absolute atomic E-state index is 0.267. The van der Waals surface area contributed by atoms with Gasteiger partial charge in [0.25, 0.3) is 5.91 Å². The fourth-order valence-electron chi connectivity index (χ4n) is 4.66. The number of nitrogens with zero attached hydrogens (tertiary/aromatic N) is 4. The second kappa shape index (κ2) is 6.60. The molecule has 1 saturated heterocycles. The number of aromatic nitrogens is 3. The van der Waals surface area contributed by atoms with E-state index in [4.69, 9.17) is 4.74 Å². The summed E-state index contributed by atoms with van der Waals surface area (Å²) >= 11 is 0. The van der Waals surface area contributed by atoms with Gasteiger partial charge < -0.3 is 4.74 Å². The van der Waals surface area contributed by atoms with Crippen molar-refractivity contribution in [1.29, 1.82) is 0 Å². The number of allylic oxidation sites excluding steroid dienone is 1. The first-order chi connectivity index (χ1) is 14.9. The highest BCUT2D eigenvalue weighted by atomic mass is 16.5. The van der Waals surface area contributed by atoms with Crippen LogP contribution in [0.1, 0.15) is 24.6 Å². The Morgan fingerprint density at radius 2 is 1.61 bits per heavy atom. The summed E-state index contributed by atoms with van der Waals surface area (Å²) in [5, 5.41) is 0. The quantitative estimate of drug-likeness (QED) is 0.481. The van der Waals surface area contributed by atoms with Gasteiger partial charge in [0.05, 0.1) is 13.2 Å². The Morgan fingerprint density at radius 1 is 0.935 bits per heavy atom. The van der Waals surface area contributed by atoms with Crippen LogP contribution in [0.4, 0.5) is 5.69 Å². The van der Waals surface area contributed by atoms with Crippen molar-refractivity contribution in [3.8, 4) is 5.75 Å². The molecule has 0 radical (unpaired) electrons. The van der Waals surface area contributed by atoms with E-state index in [1.807, 2.05) is 55.5 Å². The highest BCUT2D eigenvalue weighted by Crippen LogP contribution is 2.52. The van der Waals surface area contributed by atoms with Crippen LogP contribution >= 0.6 is 0 Å². The normalized spacial score (nSPS) is 24.2. The SMILES string of the molecule is COc1ccc(N2C(=O)[C@@]3(C=CC(C)n4c(=O)n(C)c(=O)n43)[C@H]2c2ccccc2)cc1. The number of hydrogen-bond donors (Lipinski definition) is 0. The Kier molecular flexibility index (Phi) is 4.08. The molecule has 2 aromatic carbocycles. The third kappa shape index (κ3) is 2.38. The first-order valence-corrected chi connectivity index (χ1v) is 10.0. The molecule has 0 saturated carbocycles. The van der Waals surface area contributed by atoms with E-state index in [1.54, 1.807) is 30.2 Å². The van der Waals surface area contributed by atoms with Gasteiger partial charge in [-0.3, -0.25) is 9.69 Å². The average molecular weight is 418 g/mol. The number of carbonyl (C=O) groups is 1. The molecule has 8 nitrogen and oxygen atoms in total. The number of anilines is 1. The lowest BCUT2D eigenvalue weighted by Crippen LogP contribution is -2.72. The van der Waals surface area contributed by atoms with Crippen molar-refractivity contribution in [2.75, 3.05) is 12.0 Å². The van der Waals surface area contributed by atoms with Gasteiger partial charge >= 0.3 is 11.4 Å². The average Bonchev–Trinajstić information content (AvgIpc) is 3.03. The highest BCUT2D eigenvalue weighted by molar-refractivity contribution is 6.09. The van der Waals surface area contributed by atoms with Gasteiger partial charge in [0.1, 0.15) is 11.8 Å². The second-order valence-corrected chi connectivity index (χ2v) is 7.89. The molecule has 3 heterocycles. The Bertz CT molecular complexity index is 1320. The van der Waals surface area contributed by atoms with E-state index in [2.05, 4.69) is 0 Å². The fraction of sp³-hybridized carbons (Fsp3) is 0.261. The number of benzene rings is 2. The first-order valence-electron chi connectivity index (χ1n) is 10.0. The summed E-state index contributed by atoms with van der Waals surface area (Å²) < 4.78 is 9.00. The van der Waals surface area contributed by atoms with Crippen LogP contribution in [0.25, 0.3) is 0 Å². The molecule has 158 valence electrons. The smallest absolute Gasteiger partial charge is 0.348 e. The Labute approximate surface area is 178 Å². The number of ether oxygens (including phenoxy) is 1. The molecule has 1 fully saturated rings. The van der Waals surface area contributed by atoms with Gasteiger partial charge in [-0.15, -0.1) is 0 Å². The minimum Gasteiger partial charge on any atom is -0.497 e. The van der Waals surface area contributed by atoms with Gasteiger partial charge in [-0.25, -0.2) is 23.5 Å². The van der Waals surface area contributed by atoms with Gasteiger partial charge in [0.15, 0.2) is 5.54 Å². The van der Waals surface area contributed by atoms with Crippen LogP contribution in [0.2, 0.25) is 0 Å². The maximum Gasteiger partial charge on any atom is 0.348 e. The molecule has 0 aliphatic carbocycles. The number of rotatable bonds is 3. The zero-order valence-electron chi connectivity index (χ0n) is 17.4. The van der Waals surface area contributed by atoms with Crippen LogP contribution in [-0.4, -0.2) is 26.9 Å². The van der Waals surface area contributed by atoms with E-state index in [0.29, 0.717) is 11.4 Å². The van der Waals surface area contributed by atoms with E-state index in [1.165, 1.54) is 16.4 Å². The molecular formula is C23H22N4O4. The van der Waals surface area contributed by atoms with Crippen molar-refractivity contribution in [1.82, 2.24) is 13.9 Å². The molecule has 3 atom stereocenters. The van der Waals surface area contributed by atoms with Crippen LogP contribution in [-0.2, 0) is 17.4 Å². The third-order valence-corrected chi connectivity index (χ3v) is 6.23. The molecule has 0 N–H and O–H groups in total. The van der Waals surface area contributed by atoms with Crippen molar-refractivity contribution in [2.45, 2.75) is 24.5 Å². The van der Waals surface area contributed by atoms with Crippen LogP contribution in [0.3, 0.4) is 0 Å². The summed E-state index contributed by atoms with van der Waals surface area (Å²) in [5.74, 6) is 0.415. The topological polar surface area (TPSA) is 78.5 Å². The molecule has 5 rings (SSSR count).